The van der Waals surface area contributed by atoms with E-state index in [9.17, 15) is 8.42 Å². The first-order chi connectivity index (χ1) is 10.9. The quantitative estimate of drug-likeness (QED) is 0.737. The van der Waals surface area contributed by atoms with Crippen molar-refractivity contribution in [3.05, 3.63) is 52.0 Å². The third-order valence-corrected chi connectivity index (χ3v) is 6.51. The highest BCUT2D eigenvalue weighted by molar-refractivity contribution is 7.94. The van der Waals surface area contributed by atoms with Gasteiger partial charge in [-0.05, 0) is 32.0 Å². The highest BCUT2D eigenvalue weighted by atomic mass is 35.5. The van der Waals surface area contributed by atoms with Crippen LogP contribution in [-0.2, 0) is 10.0 Å². The lowest BCUT2D eigenvalue weighted by molar-refractivity contribution is 0.427. The SMILES string of the molecule is Cc1noc(-c2csc(S(=O)(=O)Nc3ccccc3Cl)c2)c1C. The van der Waals surface area contributed by atoms with E-state index in [1.54, 1.807) is 35.7 Å². The summed E-state index contributed by atoms with van der Waals surface area (Å²) in [6.45, 7) is 3.72. The lowest BCUT2D eigenvalue weighted by Crippen LogP contribution is -2.11. The van der Waals surface area contributed by atoms with Gasteiger partial charge in [-0.2, -0.15) is 0 Å². The second-order valence-corrected chi connectivity index (χ2v) is 8.19. The molecule has 0 spiro atoms. The van der Waals surface area contributed by atoms with Crippen LogP contribution in [0.4, 0.5) is 5.69 Å². The molecule has 5 nitrogen and oxygen atoms in total. The third-order valence-electron chi connectivity index (χ3n) is 3.38. The number of hydrogen-bond donors (Lipinski definition) is 1. The minimum absolute atomic E-state index is 0.181. The molecule has 0 aliphatic rings. The minimum atomic E-state index is -3.71. The van der Waals surface area contributed by atoms with Crippen molar-refractivity contribution >= 4 is 38.6 Å². The fraction of sp³-hybridized carbons (Fsp3) is 0.133. The maximum Gasteiger partial charge on any atom is 0.271 e. The molecular formula is C15H13ClN2O3S2. The van der Waals surface area contributed by atoms with Gasteiger partial charge >= 0.3 is 0 Å². The van der Waals surface area contributed by atoms with Gasteiger partial charge in [-0.25, -0.2) is 8.42 Å². The van der Waals surface area contributed by atoms with Crippen molar-refractivity contribution in [3.8, 4) is 11.3 Å². The van der Waals surface area contributed by atoms with E-state index < -0.39 is 10.0 Å². The highest BCUT2D eigenvalue weighted by Gasteiger charge is 2.21. The molecule has 0 unspecified atom stereocenters. The Morgan fingerprint density at radius 3 is 2.65 bits per heavy atom. The van der Waals surface area contributed by atoms with Crippen LogP contribution in [0, 0.1) is 13.8 Å². The van der Waals surface area contributed by atoms with E-state index in [0.717, 1.165) is 22.6 Å². The summed E-state index contributed by atoms with van der Waals surface area (Å²) in [6.07, 6.45) is 0. The minimum Gasteiger partial charge on any atom is -0.356 e. The Balaban J connectivity index is 1.93. The molecule has 3 aromatic rings. The fourth-order valence-electron chi connectivity index (χ4n) is 2.00. The molecule has 2 aromatic heterocycles. The van der Waals surface area contributed by atoms with E-state index in [-0.39, 0.29) is 4.21 Å². The van der Waals surface area contributed by atoms with Crippen LogP contribution in [0.15, 0.2) is 44.4 Å². The largest absolute Gasteiger partial charge is 0.356 e. The second-order valence-electron chi connectivity index (χ2n) is 4.96. The number of nitrogens with zero attached hydrogens (tertiary/aromatic N) is 1. The predicted molar refractivity (Wildman–Crippen MR) is 91.6 cm³/mol. The van der Waals surface area contributed by atoms with E-state index in [2.05, 4.69) is 9.88 Å². The molecule has 0 bridgehead atoms. The summed E-state index contributed by atoms with van der Waals surface area (Å²) < 4.78 is 32.9. The van der Waals surface area contributed by atoms with Crippen LogP contribution < -0.4 is 4.72 Å². The van der Waals surface area contributed by atoms with E-state index in [0.29, 0.717) is 22.0 Å². The fourth-order valence-corrected chi connectivity index (χ4v) is 4.48. The molecule has 0 aliphatic carbocycles. The summed E-state index contributed by atoms with van der Waals surface area (Å²) in [4.78, 5) is 0. The number of aromatic nitrogens is 1. The van der Waals surface area contributed by atoms with Gasteiger partial charge in [-0.1, -0.05) is 28.9 Å². The Kier molecular flexibility index (Phi) is 4.18. The van der Waals surface area contributed by atoms with Crippen molar-refractivity contribution in [2.24, 2.45) is 0 Å². The number of nitrogens with one attached hydrogen (secondary N) is 1. The van der Waals surface area contributed by atoms with Crippen LogP contribution >= 0.6 is 22.9 Å². The molecule has 3 rings (SSSR count). The molecule has 0 amide bonds. The molecule has 0 radical (unpaired) electrons. The van der Waals surface area contributed by atoms with E-state index in [1.165, 1.54) is 0 Å². The van der Waals surface area contributed by atoms with E-state index >= 15 is 0 Å². The third kappa shape index (κ3) is 3.12. The number of hydrogen-bond acceptors (Lipinski definition) is 5. The van der Waals surface area contributed by atoms with Crippen molar-refractivity contribution in [1.82, 2.24) is 5.16 Å². The number of aryl methyl sites for hydroxylation is 1. The van der Waals surface area contributed by atoms with Crippen LogP contribution in [0.3, 0.4) is 0 Å². The number of para-hydroxylation sites is 1. The zero-order chi connectivity index (χ0) is 16.6. The first-order valence-electron chi connectivity index (χ1n) is 6.67. The van der Waals surface area contributed by atoms with Gasteiger partial charge in [0, 0.05) is 16.5 Å². The molecule has 0 atom stereocenters. The highest BCUT2D eigenvalue weighted by Crippen LogP contribution is 2.33. The molecule has 8 heteroatoms. The number of halogens is 1. The zero-order valence-corrected chi connectivity index (χ0v) is 14.7. The maximum atomic E-state index is 12.5. The summed E-state index contributed by atoms with van der Waals surface area (Å²) in [5.41, 5.74) is 2.71. The predicted octanol–water partition coefficient (Wildman–Crippen LogP) is 4.47. The molecule has 120 valence electrons. The van der Waals surface area contributed by atoms with Crippen molar-refractivity contribution in [2.75, 3.05) is 4.72 Å². The Labute approximate surface area is 142 Å². The first kappa shape index (κ1) is 16.0. The van der Waals surface area contributed by atoms with Gasteiger partial charge in [-0.3, -0.25) is 4.72 Å². The number of benzene rings is 1. The molecule has 0 saturated carbocycles. The molecule has 1 aromatic carbocycles. The second kappa shape index (κ2) is 5.99. The van der Waals surface area contributed by atoms with Gasteiger partial charge in [0.25, 0.3) is 10.0 Å². The van der Waals surface area contributed by atoms with Crippen molar-refractivity contribution in [1.29, 1.82) is 0 Å². The number of sulfonamides is 1. The van der Waals surface area contributed by atoms with Gasteiger partial charge in [0.05, 0.1) is 16.4 Å². The van der Waals surface area contributed by atoms with Gasteiger partial charge in [0.15, 0.2) is 5.76 Å². The van der Waals surface area contributed by atoms with Gasteiger partial charge in [0.2, 0.25) is 0 Å². The average molecular weight is 369 g/mol. The van der Waals surface area contributed by atoms with Gasteiger partial charge < -0.3 is 4.52 Å². The molecule has 0 fully saturated rings. The number of thiophene rings is 1. The van der Waals surface area contributed by atoms with Crippen molar-refractivity contribution < 1.29 is 12.9 Å². The van der Waals surface area contributed by atoms with Gasteiger partial charge in [-0.15, -0.1) is 11.3 Å². The Bertz CT molecular complexity index is 961. The topological polar surface area (TPSA) is 72.2 Å². The van der Waals surface area contributed by atoms with Crippen molar-refractivity contribution in [2.45, 2.75) is 18.1 Å². The molecule has 0 saturated heterocycles. The standard InChI is InChI=1S/C15H13ClN2O3S2/c1-9-10(2)17-21-15(9)11-7-14(22-8-11)23(19,20)18-13-6-4-3-5-12(13)16/h3-8,18H,1-2H3. The molecule has 1 N–H and O–H groups in total. The van der Waals surface area contributed by atoms with Crippen molar-refractivity contribution in [3.63, 3.8) is 0 Å². The Morgan fingerprint density at radius 1 is 1.26 bits per heavy atom. The van der Waals surface area contributed by atoms with E-state index in [1.807, 2.05) is 13.8 Å². The number of anilines is 1. The molecular weight excluding hydrogens is 356 g/mol. The normalized spacial score (nSPS) is 11.6. The summed E-state index contributed by atoms with van der Waals surface area (Å²) in [7, 11) is -3.71. The lowest BCUT2D eigenvalue weighted by atomic mass is 10.1. The zero-order valence-electron chi connectivity index (χ0n) is 12.3. The van der Waals surface area contributed by atoms with E-state index in [4.69, 9.17) is 16.1 Å². The summed E-state index contributed by atoms with van der Waals surface area (Å²) in [5, 5.41) is 5.96. The Hall–Kier alpha value is -1.83. The molecule has 23 heavy (non-hydrogen) atoms. The Morgan fingerprint density at radius 2 is 2.00 bits per heavy atom. The van der Waals surface area contributed by atoms with Gasteiger partial charge in [0.1, 0.15) is 4.21 Å². The maximum absolute atomic E-state index is 12.5. The molecule has 0 aliphatic heterocycles. The smallest absolute Gasteiger partial charge is 0.271 e. The summed E-state index contributed by atoms with van der Waals surface area (Å²) in [5.74, 6) is 0.581. The number of rotatable bonds is 4. The first-order valence-corrected chi connectivity index (χ1v) is 9.41. The van der Waals surface area contributed by atoms with Crippen LogP contribution in [0.5, 0.6) is 0 Å². The van der Waals surface area contributed by atoms with Crippen LogP contribution in [-0.4, -0.2) is 13.6 Å². The summed E-state index contributed by atoms with van der Waals surface area (Å²) in [6, 6.07) is 8.25. The average Bonchev–Trinajstić information content (AvgIpc) is 3.10. The van der Waals surface area contributed by atoms with Crippen LogP contribution in [0.25, 0.3) is 11.3 Å². The van der Waals surface area contributed by atoms with Crippen LogP contribution in [0.1, 0.15) is 11.3 Å². The summed E-state index contributed by atoms with van der Waals surface area (Å²) >= 11 is 7.11. The van der Waals surface area contributed by atoms with Crippen LogP contribution in [0.2, 0.25) is 5.02 Å². The molecule has 2 heterocycles. The lowest BCUT2D eigenvalue weighted by Gasteiger charge is -2.07. The monoisotopic (exact) mass is 368 g/mol.